The van der Waals surface area contributed by atoms with Crippen LogP contribution in [-0.4, -0.2) is 22.9 Å². The van der Waals surface area contributed by atoms with E-state index in [-0.39, 0.29) is 5.88 Å². The van der Waals surface area contributed by atoms with Gasteiger partial charge in [-0.15, -0.1) is 5.10 Å². The maximum Gasteiger partial charge on any atom is 0.344 e. The van der Waals surface area contributed by atoms with E-state index >= 15 is 0 Å². The molecule has 0 N–H and O–H groups in total. The van der Waals surface area contributed by atoms with Crippen LogP contribution in [0.4, 0.5) is 0 Å². The molecule has 0 aliphatic heterocycles. The lowest BCUT2D eigenvalue weighted by Crippen LogP contribution is -2.09. The Balaban J connectivity index is 1.72. The van der Waals surface area contributed by atoms with Crippen LogP contribution in [0.5, 0.6) is 11.6 Å². The Morgan fingerprint density at radius 2 is 1.50 bits per heavy atom. The van der Waals surface area contributed by atoms with E-state index in [0.717, 1.165) is 22.7 Å². The molecule has 0 fully saturated rings. The van der Waals surface area contributed by atoms with Gasteiger partial charge in [0.1, 0.15) is 5.75 Å². The summed E-state index contributed by atoms with van der Waals surface area (Å²) in [5, 5.41) is 4.51. The third-order valence-electron chi connectivity index (χ3n) is 4.28. The van der Waals surface area contributed by atoms with E-state index in [4.69, 9.17) is 9.47 Å². The molecular formula is C23H18N2O3. The lowest BCUT2D eigenvalue weighted by atomic mass is 10.1. The first-order chi connectivity index (χ1) is 13.7. The number of carbonyl (C=O) groups is 1. The molecule has 1 aromatic heterocycles. The maximum atomic E-state index is 12.4. The molecule has 28 heavy (non-hydrogen) atoms. The zero-order valence-electron chi connectivity index (χ0n) is 15.3. The number of nitrogens with zero attached hydrogens (tertiary/aromatic N) is 2. The first-order valence-electron chi connectivity index (χ1n) is 8.82. The van der Waals surface area contributed by atoms with Crippen LogP contribution in [0.25, 0.3) is 16.9 Å². The minimum atomic E-state index is -0.445. The molecule has 0 saturated carbocycles. The number of esters is 1. The van der Waals surface area contributed by atoms with Crippen molar-refractivity contribution in [3.05, 3.63) is 96.6 Å². The average molecular weight is 370 g/mol. The topological polar surface area (TPSA) is 53.4 Å². The van der Waals surface area contributed by atoms with Gasteiger partial charge in [0.05, 0.1) is 24.1 Å². The molecule has 0 bridgehead atoms. The zero-order valence-corrected chi connectivity index (χ0v) is 15.3. The second kappa shape index (κ2) is 7.80. The lowest BCUT2D eigenvalue weighted by Gasteiger charge is -2.07. The number of para-hydroxylation sites is 1. The molecule has 5 heteroatoms. The van der Waals surface area contributed by atoms with Gasteiger partial charge in [-0.1, -0.05) is 36.4 Å². The summed E-state index contributed by atoms with van der Waals surface area (Å²) in [5.74, 6) is 0.563. The molecule has 0 atom stereocenters. The zero-order chi connectivity index (χ0) is 19.3. The van der Waals surface area contributed by atoms with E-state index in [0.29, 0.717) is 5.56 Å². The SMILES string of the molecule is COc1ccc(-c2cc(OC(=O)c3ccccc3)nn2-c2ccccc2)cc1. The fraction of sp³-hybridized carbons (Fsp3) is 0.0435. The van der Waals surface area contributed by atoms with Crippen molar-refractivity contribution in [3.63, 3.8) is 0 Å². The molecule has 0 radical (unpaired) electrons. The Kier molecular flexibility index (Phi) is 4.89. The molecular weight excluding hydrogens is 352 g/mol. The first kappa shape index (κ1) is 17.5. The van der Waals surface area contributed by atoms with Crippen LogP contribution in [0.2, 0.25) is 0 Å². The Hall–Kier alpha value is -3.86. The van der Waals surface area contributed by atoms with Gasteiger partial charge in [-0.05, 0) is 48.5 Å². The Bertz CT molecular complexity index is 1070. The standard InChI is InChI=1S/C23H18N2O3/c1-27-20-14-12-17(13-15-20)21-16-22(24-25(21)19-10-6-3-7-11-19)28-23(26)18-8-4-2-5-9-18/h2-16H,1H3. The van der Waals surface area contributed by atoms with Crippen LogP contribution in [0, 0.1) is 0 Å². The van der Waals surface area contributed by atoms with Gasteiger partial charge in [0.25, 0.3) is 0 Å². The number of ether oxygens (including phenoxy) is 2. The predicted molar refractivity (Wildman–Crippen MR) is 107 cm³/mol. The third kappa shape index (κ3) is 3.64. The van der Waals surface area contributed by atoms with Crippen LogP contribution in [0.3, 0.4) is 0 Å². The van der Waals surface area contributed by atoms with Gasteiger partial charge in [0.2, 0.25) is 5.88 Å². The second-order valence-electron chi connectivity index (χ2n) is 6.10. The number of aromatic nitrogens is 2. The van der Waals surface area contributed by atoms with E-state index in [1.807, 2.05) is 60.7 Å². The Morgan fingerprint density at radius 3 is 2.14 bits per heavy atom. The van der Waals surface area contributed by atoms with Crippen molar-refractivity contribution in [1.82, 2.24) is 9.78 Å². The first-order valence-corrected chi connectivity index (χ1v) is 8.82. The number of hydrogen-bond acceptors (Lipinski definition) is 4. The van der Waals surface area contributed by atoms with E-state index < -0.39 is 5.97 Å². The molecule has 0 saturated heterocycles. The molecule has 0 aliphatic carbocycles. The molecule has 0 spiro atoms. The summed E-state index contributed by atoms with van der Waals surface area (Å²) in [6, 6.07) is 28.0. The number of carbonyl (C=O) groups excluding carboxylic acids is 1. The highest BCUT2D eigenvalue weighted by Crippen LogP contribution is 2.28. The molecule has 0 unspecified atom stereocenters. The van der Waals surface area contributed by atoms with Crippen molar-refractivity contribution < 1.29 is 14.3 Å². The third-order valence-corrected chi connectivity index (χ3v) is 4.28. The highest BCUT2D eigenvalue weighted by Gasteiger charge is 2.16. The molecule has 4 aromatic rings. The van der Waals surface area contributed by atoms with Gasteiger partial charge in [0, 0.05) is 11.6 Å². The summed E-state index contributed by atoms with van der Waals surface area (Å²) >= 11 is 0. The van der Waals surface area contributed by atoms with Crippen molar-refractivity contribution in [2.24, 2.45) is 0 Å². The summed E-state index contributed by atoms with van der Waals surface area (Å²) in [4.78, 5) is 12.4. The largest absolute Gasteiger partial charge is 0.497 e. The van der Waals surface area contributed by atoms with Crippen LogP contribution in [-0.2, 0) is 0 Å². The van der Waals surface area contributed by atoms with Gasteiger partial charge < -0.3 is 9.47 Å². The summed E-state index contributed by atoms with van der Waals surface area (Å²) in [7, 11) is 1.63. The van der Waals surface area contributed by atoms with E-state index in [2.05, 4.69) is 5.10 Å². The van der Waals surface area contributed by atoms with Gasteiger partial charge in [-0.3, -0.25) is 0 Å². The van der Waals surface area contributed by atoms with E-state index in [9.17, 15) is 4.79 Å². The number of methoxy groups -OCH3 is 1. The maximum absolute atomic E-state index is 12.4. The second-order valence-corrected chi connectivity index (χ2v) is 6.10. The van der Waals surface area contributed by atoms with Crippen molar-refractivity contribution in [3.8, 4) is 28.6 Å². The quantitative estimate of drug-likeness (QED) is 0.475. The summed E-state index contributed by atoms with van der Waals surface area (Å²) < 4.78 is 12.5. The molecule has 3 aromatic carbocycles. The minimum absolute atomic E-state index is 0.239. The molecule has 5 nitrogen and oxygen atoms in total. The van der Waals surface area contributed by atoms with Crippen molar-refractivity contribution in [1.29, 1.82) is 0 Å². The van der Waals surface area contributed by atoms with Crippen LogP contribution >= 0.6 is 0 Å². The Morgan fingerprint density at radius 1 is 0.857 bits per heavy atom. The molecule has 1 heterocycles. The smallest absolute Gasteiger partial charge is 0.344 e. The van der Waals surface area contributed by atoms with Crippen molar-refractivity contribution >= 4 is 5.97 Å². The van der Waals surface area contributed by atoms with Gasteiger partial charge in [0.15, 0.2) is 0 Å². The lowest BCUT2D eigenvalue weighted by molar-refractivity contribution is 0.0727. The highest BCUT2D eigenvalue weighted by atomic mass is 16.5. The predicted octanol–water partition coefficient (Wildman–Crippen LogP) is 4.77. The summed E-state index contributed by atoms with van der Waals surface area (Å²) in [6.45, 7) is 0. The summed E-state index contributed by atoms with van der Waals surface area (Å²) in [6.07, 6.45) is 0. The number of hydrogen-bond donors (Lipinski definition) is 0. The molecule has 0 aliphatic rings. The number of benzene rings is 3. The fourth-order valence-electron chi connectivity index (χ4n) is 2.87. The monoisotopic (exact) mass is 370 g/mol. The van der Waals surface area contributed by atoms with Gasteiger partial charge >= 0.3 is 5.97 Å². The summed E-state index contributed by atoms with van der Waals surface area (Å²) in [5.41, 5.74) is 3.09. The molecule has 4 rings (SSSR count). The van der Waals surface area contributed by atoms with Crippen LogP contribution in [0.15, 0.2) is 91.0 Å². The van der Waals surface area contributed by atoms with Crippen LogP contribution in [0.1, 0.15) is 10.4 Å². The Labute approximate surface area is 162 Å². The molecule has 0 amide bonds. The normalized spacial score (nSPS) is 10.5. The van der Waals surface area contributed by atoms with Crippen molar-refractivity contribution in [2.45, 2.75) is 0 Å². The van der Waals surface area contributed by atoms with Crippen LogP contribution < -0.4 is 9.47 Å². The highest BCUT2D eigenvalue weighted by molar-refractivity contribution is 5.90. The van der Waals surface area contributed by atoms with E-state index in [1.165, 1.54) is 0 Å². The van der Waals surface area contributed by atoms with Gasteiger partial charge in [-0.25, -0.2) is 9.48 Å². The molecule has 138 valence electrons. The number of rotatable bonds is 5. The fourth-order valence-corrected chi connectivity index (χ4v) is 2.87. The minimum Gasteiger partial charge on any atom is -0.497 e. The van der Waals surface area contributed by atoms with E-state index in [1.54, 1.807) is 42.1 Å². The van der Waals surface area contributed by atoms with Crippen molar-refractivity contribution in [2.75, 3.05) is 7.11 Å². The van der Waals surface area contributed by atoms with Gasteiger partial charge in [-0.2, -0.15) is 0 Å². The average Bonchev–Trinajstić information content (AvgIpc) is 3.19.